The Morgan fingerprint density at radius 1 is 0.943 bits per heavy atom. The van der Waals surface area contributed by atoms with Crippen LogP contribution in [-0.4, -0.2) is 34.1 Å². The number of aromatic nitrogens is 2. The van der Waals surface area contributed by atoms with Gasteiger partial charge in [0.05, 0.1) is 16.8 Å². The van der Waals surface area contributed by atoms with E-state index in [4.69, 9.17) is 21.1 Å². The Morgan fingerprint density at radius 3 is 2.14 bits per heavy atom. The zero-order valence-corrected chi connectivity index (χ0v) is 19.0. The number of hydrogen-bond acceptors (Lipinski definition) is 9. The molecule has 0 amide bonds. The Hall–Kier alpha value is -4.02. The summed E-state index contributed by atoms with van der Waals surface area (Å²) in [6, 6.07) is 16.1. The molecule has 0 radical (unpaired) electrons. The third-order valence-corrected chi connectivity index (χ3v) is 5.40. The monoisotopic (exact) mass is 498 g/mol. The van der Waals surface area contributed by atoms with Crippen molar-refractivity contribution in [2.24, 2.45) is 0 Å². The molecule has 0 spiro atoms. The van der Waals surface area contributed by atoms with E-state index >= 15 is 0 Å². The van der Waals surface area contributed by atoms with Crippen LogP contribution in [0.15, 0.2) is 65.5 Å². The van der Waals surface area contributed by atoms with E-state index in [1.54, 1.807) is 48.5 Å². The molecule has 1 fully saturated rings. The van der Waals surface area contributed by atoms with Gasteiger partial charge in [-0.25, -0.2) is 29.1 Å². The largest absolute Gasteiger partial charge is 0.456 e. The van der Waals surface area contributed by atoms with Crippen molar-refractivity contribution in [2.45, 2.75) is 25.7 Å². The highest BCUT2D eigenvalue weighted by atomic mass is 35.5. The van der Waals surface area contributed by atoms with Crippen LogP contribution in [0.5, 0.6) is 0 Å². The van der Waals surface area contributed by atoms with Gasteiger partial charge < -0.3 is 9.47 Å². The van der Waals surface area contributed by atoms with E-state index in [0.717, 1.165) is 4.57 Å². The van der Waals surface area contributed by atoms with Crippen molar-refractivity contribution in [2.75, 3.05) is 6.61 Å². The van der Waals surface area contributed by atoms with Crippen molar-refractivity contribution in [1.82, 2.24) is 9.55 Å². The Bertz CT molecular complexity index is 1290. The van der Waals surface area contributed by atoms with Crippen LogP contribution >= 0.6 is 11.6 Å². The van der Waals surface area contributed by atoms with Crippen LogP contribution in [0, 0.1) is 0 Å². The second-order valence-electron chi connectivity index (χ2n) is 7.39. The second-order valence-corrected chi connectivity index (χ2v) is 7.75. The molecule has 1 aliphatic rings. The lowest BCUT2D eigenvalue weighted by atomic mass is 10.2. The summed E-state index contributed by atoms with van der Waals surface area (Å²) >= 11 is 6.28. The maximum atomic E-state index is 13.2. The van der Waals surface area contributed by atoms with Crippen LogP contribution in [0.1, 0.15) is 56.0 Å². The van der Waals surface area contributed by atoms with E-state index in [2.05, 4.69) is 14.8 Å². The van der Waals surface area contributed by atoms with E-state index in [1.165, 1.54) is 12.1 Å². The van der Waals surface area contributed by atoms with E-state index in [0.29, 0.717) is 25.0 Å². The van der Waals surface area contributed by atoms with Crippen LogP contribution in [-0.2, 0) is 25.9 Å². The van der Waals surface area contributed by atoms with Crippen molar-refractivity contribution in [3.63, 3.8) is 0 Å². The molecule has 180 valence electrons. The summed E-state index contributed by atoms with van der Waals surface area (Å²) in [5, 5.41) is -0.276. The quantitative estimate of drug-likeness (QED) is 0.285. The first-order chi connectivity index (χ1) is 17.0. The van der Waals surface area contributed by atoms with Crippen molar-refractivity contribution in [3.05, 3.63) is 98.7 Å². The molecule has 0 aliphatic carbocycles. The van der Waals surface area contributed by atoms with Gasteiger partial charge in [0.1, 0.15) is 12.8 Å². The molecule has 2 heterocycles. The minimum absolute atomic E-state index is 0.0469. The fourth-order valence-corrected chi connectivity index (χ4v) is 3.64. The lowest BCUT2D eigenvalue weighted by Crippen LogP contribution is -2.35. The summed E-state index contributed by atoms with van der Waals surface area (Å²) in [4.78, 5) is 63.0. The normalized spacial score (nSPS) is 14.8. The number of carbonyl (C=O) groups is 3. The minimum Gasteiger partial charge on any atom is -0.456 e. The molecule has 0 bridgehead atoms. The molecule has 1 saturated heterocycles. The molecule has 0 saturated carbocycles. The molecule has 1 unspecified atom stereocenters. The van der Waals surface area contributed by atoms with Gasteiger partial charge in [0.25, 0.3) is 5.56 Å². The van der Waals surface area contributed by atoms with Crippen LogP contribution in [0.4, 0.5) is 0 Å². The highest BCUT2D eigenvalue weighted by Gasteiger charge is 2.30. The Morgan fingerprint density at radius 2 is 1.54 bits per heavy atom. The van der Waals surface area contributed by atoms with E-state index in [1.807, 2.05) is 0 Å². The third-order valence-electron chi connectivity index (χ3n) is 5.10. The van der Waals surface area contributed by atoms with Gasteiger partial charge in [-0.15, -0.1) is 0 Å². The number of nitrogens with zero attached hydrogens (tertiary/aromatic N) is 2. The lowest BCUT2D eigenvalue weighted by Gasteiger charge is -2.20. The summed E-state index contributed by atoms with van der Waals surface area (Å²) in [6.45, 7) is -0.0122. The molecule has 11 heteroatoms. The summed E-state index contributed by atoms with van der Waals surface area (Å²) in [5.74, 6) is -2.89. The third kappa shape index (κ3) is 5.56. The Balaban J connectivity index is 1.57. The molecule has 35 heavy (non-hydrogen) atoms. The summed E-state index contributed by atoms with van der Waals surface area (Å²) in [6.07, 6.45) is 0.360. The van der Waals surface area contributed by atoms with Gasteiger partial charge in [-0.2, -0.15) is 0 Å². The molecule has 0 N–H and O–H groups in total. The SMILES string of the molecule is O=C(OCc1c(Cl)nc(C(=O)OOC(=O)c2ccccc2)c(=O)n1C1CCCO1)c1ccccc1. The first kappa shape index (κ1) is 24.1. The van der Waals surface area contributed by atoms with E-state index in [9.17, 15) is 19.2 Å². The number of rotatable bonds is 6. The smallest absolute Gasteiger partial charge is 0.410 e. The summed E-state index contributed by atoms with van der Waals surface area (Å²) < 4.78 is 12.0. The average Bonchev–Trinajstić information content (AvgIpc) is 3.42. The minimum atomic E-state index is -1.32. The molecule has 1 atom stereocenters. The van der Waals surface area contributed by atoms with Gasteiger partial charge in [-0.3, -0.25) is 9.36 Å². The standard InChI is InChI=1S/C24H19ClN2O8/c25-20-17(14-33-22(29)15-8-3-1-4-9-15)27(18-12-7-13-32-18)21(28)19(26-20)24(31)35-34-23(30)16-10-5-2-6-11-16/h1-6,8-11,18H,7,12-14H2. The molecule has 1 aromatic heterocycles. The number of benzene rings is 2. The highest BCUT2D eigenvalue weighted by Crippen LogP contribution is 2.26. The first-order valence-electron chi connectivity index (χ1n) is 10.6. The number of carbonyl (C=O) groups excluding carboxylic acids is 3. The fourth-order valence-electron chi connectivity index (χ4n) is 3.41. The van der Waals surface area contributed by atoms with Gasteiger partial charge in [0.2, 0.25) is 5.69 Å². The predicted octanol–water partition coefficient (Wildman–Crippen LogP) is 3.49. The molecule has 4 rings (SSSR count). The first-order valence-corrected chi connectivity index (χ1v) is 11.0. The zero-order chi connectivity index (χ0) is 24.8. The summed E-state index contributed by atoms with van der Waals surface area (Å²) in [7, 11) is 0. The molecule has 2 aromatic carbocycles. The van der Waals surface area contributed by atoms with Crippen LogP contribution < -0.4 is 5.56 Å². The van der Waals surface area contributed by atoms with Crippen molar-refractivity contribution in [1.29, 1.82) is 0 Å². The number of hydrogen-bond donors (Lipinski definition) is 0. The molecule has 10 nitrogen and oxygen atoms in total. The maximum absolute atomic E-state index is 13.2. The van der Waals surface area contributed by atoms with Gasteiger partial charge in [-0.05, 0) is 37.1 Å². The maximum Gasteiger partial charge on any atom is 0.410 e. The number of ether oxygens (including phenoxy) is 2. The predicted molar refractivity (Wildman–Crippen MR) is 121 cm³/mol. The Labute approximate surface area is 203 Å². The number of halogens is 1. The van der Waals surface area contributed by atoms with E-state index in [-0.39, 0.29) is 16.4 Å². The zero-order valence-electron chi connectivity index (χ0n) is 18.2. The molecule has 1 aliphatic heterocycles. The molecular weight excluding hydrogens is 480 g/mol. The van der Waals surface area contributed by atoms with Gasteiger partial charge in [-0.1, -0.05) is 48.0 Å². The van der Waals surface area contributed by atoms with Crippen molar-refractivity contribution < 1.29 is 33.6 Å². The van der Waals surface area contributed by atoms with Crippen molar-refractivity contribution in [3.8, 4) is 0 Å². The van der Waals surface area contributed by atoms with Gasteiger partial charge in [0.15, 0.2) is 5.15 Å². The van der Waals surface area contributed by atoms with Crippen LogP contribution in [0.2, 0.25) is 5.15 Å². The van der Waals surface area contributed by atoms with Crippen LogP contribution in [0.3, 0.4) is 0 Å². The Kier molecular flexibility index (Phi) is 7.54. The summed E-state index contributed by atoms with van der Waals surface area (Å²) in [5.41, 5.74) is -1.12. The second kappa shape index (κ2) is 10.9. The molecule has 3 aromatic rings. The topological polar surface area (TPSA) is 123 Å². The van der Waals surface area contributed by atoms with Gasteiger partial charge >= 0.3 is 17.9 Å². The highest BCUT2D eigenvalue weighted by molar-refractivity contribution is 6.30. The van der Waals surface area contributed by atoms with E-state index < -0.39 is 42.0 Å². The van der Waals surface area contributed by atoms with Crippen molar-refractivity contribution >= 4 is 29.5 Å². The average molecular weight is 499 g/mol. The van der Waals surface area contributed by atoms with Crippen LogP contribution in [0.25, 0.3) is 0 Å². The fraction of sp³-hybridized carbons (Fsp3) is 0.208. The lowest BCUT2D eigenvalue weighted by molar-refractivity contribution is -0.188. The van der Waals surface area contributed by atoms with Gasteiger partial charge in [0, 0.05) is 6.61 Å². The molecular formula is C24H19ClN2O8. The number of esters is 1.